The number of piperidine rings is 1. The maximum Gasteiger partial charge on any atom is 0.254 e. The minimum absolute atomic E-state index is 0.00509. The third kappa shape index (κ3) is 3.90. The van der Waals surface area contributed by atoms with Crippen LogP contribution < -0.4 is 0 Å². The highest BCUT2D eigenvalue weighted by molar-refractivity contribution is 5.96. The van der Waals surface area contributed by atoms with Gasteiger partial charge in [-0.3, -0.25) is 4.79 Å². The Balaban J connectivity index is 1.75. The van der Waals surface area contributed by atoms with E-state index < -0.39 is 0 Å². The lowest BCUT2D eigenvalue weighted by Gasteiger charge is -2.33. The standard InChI is InChI=1S/C20H28N4O2/c1-15-17(7-4-8-18(15)25)20(26)24-10-5-6-16(14-24)19-21-9-11-23(19)13-12-22(2)3/h4,7-9,11,16,25H,5-6,10,12-14H2,1-3H3/t16-/m1/s1. The highest BCUT2D eigenvalue weighted by Gasteiger charge is 2.28. The number of carbonyl (C=O) groups excluding carboxylic acids is 1. The van der Waals surface area contributed by atoms with Gasteiger partial charge in [-0.25, -0.2) is 4.98 Å². The fourth-order valence-corrected chi connectivity index (χ4v) is 3.58. The van der Waals surface area contributed by atoms with Crippen molar-refractivity contribution in [1.82, 2.24) is 19.4 Å². The average molecular weight is 356 g/mol. The fourth-order valence-electron chi connectivity index (χ4n) is 3.58. The molecular formula is C20H28N4O2. The number of phenolic OH excluding ortho intramolecular Hbond substituents is 1. The summed E-state index contributed by atoms with van der Waals surface area (Å²) in [6.45, 7) is 5.08. The second-order valence-corrected chi connectivity index (χ2v) is 7.32. The van der Waals surface area contributed by atoms with E-state index >= 15 is 0 Å². The molecule has 0 aliphatic carbocycles. The van der Waals surface area contributed by atoms with E-state index in [-0.39, 0.29) is 17.6 Å². The molecule has 26 heavy (non-hydrogen) atoms. The molecule has 0 spiro atoms. The number of rotatable bonds is 5. The molecule has 6 heteroatoms. The Bertz CT molecular complexity index is 769. The van der Waals surface area contributed by atoms with E-state index in [4.69, 9.17) is 0 Å². The Hall–Kier alpha value is -2.34. The molecule has 3 rings (SSSR count). The molecule has 1 atom stereocenters. The molecule has 1 aliphatic heterocycles. The first-order chi connectivity index (χ1) is 12.5. The van der Waals surface area contributed by atoms with Crippen molar-refractivity contribution in [1.29, 1.82) is 0 Å². The van der Waals surface area contributed by atoms with Gasteiger partial charge in [0.2, 0.25) is 0 Å². The van der Waals surface area contributed by atoms with Crippen molar-refractivity contribution in [2.75, 3.05) is 33.7 Å². The molecular weight excluding hydrogens is 328 g/mol. The maximum atomic E-state index is 13.0. The summed E-state index contributed by atoms with van der Waals surface area (Å²) in [5.41, 5.74) is 1.23. The summed E-state index contributed by atoms with van der Waals surface area (Å²) < 4.78 is 2.21. The van der Waals surface area contributed by atoms with Crippen LogP contribution in [0.5, 0.6) is 5.75 Å². The highest BCUT2D eigenvalue weighted by atomic mass is 16.3. The Labute approximate surface area is 155 Å². The second kappa shape index (κ2) is 7.91. The summed E-state index contributed by atoms with van der Waals surface area (Å²) in [4.78, 5) is 21.6. The van der Waals surface area contributed by atoms with E-state index in [9.17, 15) is 9.90 Å². The Kier molecular flexibility index (Phi) is 5.61. The summed E-state index contributed by atoms with van der Waals surface area (Å²) >= 11 is 0. The number of likely N-dealkylation sites (N-methyl/N-ethyl adjacent to an activating group) is 1. The minimum Gasteiger partial charge on any atom is -0.508 e. The Morgan fingerprint density at radius 3 is 2.96 bits per heavy atom. The molecule has 0 unspecified atom stereocenters. The van der Waals surface area contributed by atoms with Gasteiger partial charge in [0.25, 0.3) is 5.91 Å². The van der Waals surface area contributed by atoms with Gasteiger partial charge < -0.3 is 19.5 Å². The molecule has 1 fully saturated rings. The van der Waals surface area contributed by atoms with Crippen molar-refractivity contribution in [3.63, 3.8) is 0 Å². The zero-order chi connectivity index (χ0) is 18.7. The van der Waals surface area contributed by atoms with Crippen molar-refractivity contribution in [3.05, 3.63) is 47.5 Å². The first kappa shape index (κ1) is 18.5. The molecule has 1 aliphatic rings. The first-order valence-corrected chi connectivity index (χ1v) is 9.21. The number of amides is 1. The van der Waals surface area contributed by atoms with Gasteiger partial charge in [0, 0.05) is 55.6 Å². The predicted molar refractivity (Wildman–Crippen MR) is 102 cm³/mol. The number of phenols is 1. The zero-order valence-electron chi connectivity index (χ0n) is 15.9. The van der Waals surface area contributed by atoms with E-state index in [2.05, 4.69) is 28.5 Å². The van der Waals surface area contributed by atoms with Crippen LogP contribution in [-0.4, -0.2) is 64.1 Å². The van der Waals surface area contributed by atoms with E-state index in [1.165, 1.54) is 0 Å². The van der Waals surface area contributed by atoms with Gasteiger partial charge >= 0.3 is 0 Å². The van der Waals surface area contributed by atoms with Gasteiger partial charge in [-0.1, -0.05) is 6.07 Å². The SMILES string of the molecule is Cc1c(O)cccc1C(=O)N1CCC[C@@H](c2nccn2CCN(C)C)C1. The normalized spacial score (nSPS) is 17.7. The van der Waals surface area contributed by atoms with Crippen LogP contribution in [-0.2, 0) is 6.54 Å². The Morgan fingerprint density at radius 1 is 1.38 bits per heavy atom. The number of benzene rings is 1. The van der Waals surface area contributed by atoms with E-state index in [0.29, 0.717) is 17.7 Å². The Morgan fingerprint density at radius 2 is 2.19 bits per heavy atom. The molecule has 1 N–H and O–H groups in total. The predicted octanol–water partition coefficient (Wildman–Crippen LogP) is 2.48. The van der Waals surface area contributed by atoms with E-state index in [1.807, 2.05) is 17.3 Å². The summed E-state index contributed by atoms with van der Waals surface area (Å²) in [6, 6.07) is 5.14. The van der Waals surface area contributed by atoms with Gasteiger partial charge in [-0.2, -0.15) is 0 Å². The van der Waals surface area contributed by atoms with Crippen LogP contribution in [0.2, 0.25) is 0 Å². The van der Waals surface area contributed by atoms with Gasteiger partial charge in [-0.15, -0.1) is 0 Å². The molecule has 0 radical (unpaired) electrons. The number of likely N-dealkylation sites (tertiary alicyclic amines) is 1. The second-order valence-electron chi connectivity index (χ2n) is 7.32. The topological polar surface area (TPSA) is 61.6 Å². The number of aromatic hydroxyl groups is 1. The molecule has 140 valence electrons. The molecule has 0 saturated carbocycles. The molecule has 0 bridgehead atoms. The average Bonchev–Trinajstić information content (AvgIpc) is 3.10. The minimum atomic E-state index is -0.00509. The largest absolute Gasteiger partial charge is 0.508 e. The summed E-state index contributed by atoms with van der Waals surface area (Å²) in [7, 11) is 4.13. The summed E-state index contributed by atoms with van der Waals surface area (Å²) in [6.07, 6.45) is 5.89. The number of imidazole rings is 1. The van der Waals surface area contributed by atoms with Crippen LogP contribution in [0.15, 0.2) is 30.6 Å². The fraction of sp³-hybridized carbons (Fsp3) is 0.500. The van der Waals surface area contributed by atoms with Gasteiger partial charge in [0.05, 0.1) is 0 Å². The number of carbonyl (C=O) groups is 1. The van der Waals surface area contributed by atoms with Crippen molar-refractivity contribution >= 4 is 5.91 Å². The molecule has 1 amide bonds. The number of nitrogens with zero attached hydrogens (tertiary/aromatic N) is 4. The van der Waals surface area contributed by atoms with Crippen molar-refractivity contribution in [3.8, 4) is 5.75 Å². The molecule has 2 aromatic rings. The van der Waals surface area contributed by atoms with Gasteiger partial charge in [0.1, 0.15) is 11.6 Å². The quantitative estimate of drug-likeness (QED) is 0.894. The maximum absolute atomic E-state index is 13.0. The van der Waals surface area contributed by atoms with Gasteiger partial charge in [0.15, 0.2) is 0 Å². The van der Waals surface area contributed by atoms with Crippen molar-refractivity contribution in [2.45, 2.75) is 32.2 Å². The number of hydrogen-bond donors (Lipinski definition) is 1. The molecule has 1 saturated heterocycles. The van der Waals surface area contributed by atoms with E-state index in [0.717, 1.165) is 38.3 Å². The lowest BCUT2D eigenvalue weighted by molar-refractivity contribution is 0.0702. The lowest BCUT2D eigenvalue weighted by Crippen LogP contribution is -2.40. The number of aromatic nitrogens is 2. The van der Waals surface area contributed by atoms with Crippen LogP contribution in [0, 0.1) is 6.92 Å². The van der Waals surface area contributed by atoms with Crippen LogP contribution >= 0.6 is 0 Å². The van der Waals surface area contributed by atoms with Gasteiger partial charge in [-0.05, 0) is 46.0 Å². The summed E-state index contributed by atoms with van der Waals surface area (Å²) in [5, 5.41) is 9.90. The third-order valence-corrected chi connectivity index (χ3v) is 5.15. The van der Waals surface area contributed by atoms with E-state index in [1.54, 1.807) is 25.1 Å². The van der Waals surface area contributed by atoms with Crippen LogP contribution in [0.4, 0.5) is 0 Å². The molecule has 1 aromatic carbocycles. The van der Waals surface area contributed by atoms with Crippen LogP contribution in [0.25, 0.3) is 0 Å². The number of hydrogen-bond acceptors (Lipinski definition) is 4. The van der Waals surface area contributed by atoms with Crippen LogP contribution in [0.1, 0.15) is 40.5 Å². The van der Waals surface area contributed by atoms with Crippen molar-refractivity contribution < 1.29 is 9.90 Å². The molecule has 1 aromatic heterocycles. The monoisotopic (exact) mass is 356 g/mol. The first-order valence-electron chi connectivity index (χ1n) is 9.21. The smallest absolute Gasteiger partial charge is 0.254 e. The zero-order valence-corrected chi connectivity index (χ0v) is 15.9. The molecule has 2 heterocycles. The lowest BCUT2D eigenvalue weighted by atomic mass is 9.95. The van der Waals surface area contributed by atoms with Crippen LogP contribution in [0.3, 0.4) is 0 Å². The highest BCUT2D eigenvalue weighted by Crippen LogP contribution is 2.28. The summed E-state index contributed by atoms with van der Waals surface area (Å²) in [5.74, 6) is 1.48. The molecule has 6 nitrogen and oxygen atoms in total. The van der Waals surface area contributed by atoms with Crippen molar-refractivity contribution in [2.24, 2.45) is 0 Å². The third-order valence-electron chi connectivity index (χ3n) is 5.15.